The fourth-order valence-corrected chi connectivity index (χ4v) is 6.63. The lowest BCUT2D eigenvalue weighted by Gasteiger charge is -2.26. The quantitative estimate of drug-likeness (QED) is 0.748. The van der Waals surface area contributed by atoms with Crippen molar-refractivity contribution in [3.05, 3.63) is 58.6 Å². The number of anilines is 2. The average molecular weight is 464 g/mol. The molecule has 1 amide bonds. The first-order chi connectivity index (χ1) is 14.2. The van der Waals surface area contributed by atoms with Crippen LogP contribution < -0.4 is 10.2 Å². The van der Waals surface area contributed by atoms with Gasteiger partial charge in [0.25, 0.3) is 0 Å². The molecule has 1 fully saturated rings. The van der Waals surface area contributed by atoms with Gasteiger partial charge in [-0.05, 0) is 55.3 Å². The van der Waals surface area contributed by atoms with E-state index >= 15 is 0 Å². The highest BCUT2D eigenvalue weighted by molar-refractivity contribution is 8.14. The number of nitrogens with one attached hydrogen (secondary N) is 1. The van der Waals surface area contributed by atoms with Crippen molar-refractivity contribution < 1.29 is 13.2 Å². The van der Waals surface area contributed by atoms with Crippen LogP contribution in [0.5, 0.6) is 0 Å². The molecule has 0 bridgehead atoms. The zero-order chi connectivity index (χ0) is 21.5. The predicted octanol–water partition coefficient (Wildman–Crippen LogP) is 3.67. The molecule has 1 N–H and O–H groups in total. The lowest BCUT2D eigenvalue weighted by Crippen LogP contribution is -2.39. The van der Waals surface area contributed by atoms with E-state index in [1.165, 1.54) is 11.8 Å². The van der Waals surface area contributed by atoms with Crippen LogP contribution in [0.25, 0.3) is 0 Å². The normalized spacial score (nSPS) is 22.0. The highest BCUT2D eigenvalue weighted by atomic mass is 35.5. The Bertz CT molecular complexity index is 1120. The molecule has 0 unspecified atom stereocenters. The second-order valence-corrected chi connectivity index (χ2v) is 11.1. The molecule has 4 rings (SSSR count). The van der Waals surface area contributed by atoms with Gasteiger partial charge in [0, 0.05) is 16.4 Å². The Labute approximate surface area is 185 Å². The van der Waals surface area contributed by atoms with Gasteiger partial charge in [0.15, 0.2) is 15.0 Å². The number of amidine groups is 1. The van der Waals surface area contributed by atoms with Crippen molar-refractivity contribution in [3.8, 4) is 0 Å². The van der Waals surface area contributed by atoms with Gasteiger partial charge in [-0.2, -0.15) is 0 Å². The molecule has 2 aliphatic heterocycles. The number of aryl methyl sites for hydroxylation is 1. The fraction of sp³-hybridized carbons (Fsp3) is 0.333. The van der Waals surface area contributed by atoms with Crippen LogP contribution in [-0.2, 0) is 14.6 Å². The van der Waals surface area contributed by atoms with Crippen LogP contribution in [0.1, 0.15) is 11.1 Å². The maximum absolute atomic E-state index is 12.6. The number of sulfone groups is 1. The Morgan fingerprint density at radius 3 is 2.67 bits per heavy atom. The van der Waals surface area contributed by atoms with E-state index in [1.54, 1.807) is 12.1 Å². The van der Waals surface area contributed by atoms with Crippen molar-refractivity contribution in [2.75, 3.05) is 27.5 Å². The smallest absolute Gasteiger partial charge is 0.234 e. The van der Waals surface area contributed by atoms with Gasteiger partial charge in [-0.3, -0.25) is 9.79 Å². The first-order valence-corrected chi connectivity index (χ1v) is 12.7. The number of hydrogen-bond donors (Lipinski definition) is 1. The highest BCUT2D eigenvalue weighted by Crippen LogP contribution is 2.35. The second-order valence-electron chi connectivity index (χ2n) is 7.55. The molecule has 158 valence electrons. The summed E-state index contributed by atoms with van der Waals surface area (Å²) >= 11 is 7.33. The summed E-state index contributed by atoms with van der Waals surface area (Å²) in [6, 6.07) is 12.5. The minimum atomic E-state index is -3.12. The van der Waals surface area contributed by atoms with Gasteiger partial charge >= 0.3 is 0 Å². The zero-order valence-electron chi connectivity index (χ0n) is 16.6. The number of hydrogen-bond acceptors (Lipinski definition) is 6. The number of amides is 1. The van der Waals surface area contributed by atoms with E-state index in [2.05, 4.69) is 10.3 Å². The number of fused-ring (bicyclic) bond motifs is 1. The van der Waals surface area contributed by atoms with Crippen LogP contribution in [0.2, 0.25) is 5.02 Å². The largest absolute Gasteiger partial charge is 0.325 e. The Hall–Kier alpha value is -2.03. The molecule has 6 nitrogen and oxygen atoms in total. The zero-order valence-corrected chi connectivity index (χ0v) is 19.0. The molecular formula is C21H22ClN3O3S2. The van der Waals surface area contributed by atoms with Crippen LogP contribution in [0, 0.1) is 13.8 Å². The lowest BCUT2D eigenvalue weighted by molar-refractivity contribution is -0.113. The Morgan fingerprint density at radius 1 is 1.20 bits per heavy atom. The summed E-state index contributed by atoms with van der Waals surface area (Å²) in [4.78, 5) is 19.1. The van der Waals surface area contributed by atoms with Gasteiger partial charge < -0.3 is 10.2 Å². The van der Waals surface area contributed by atoms with Gasteiger partial charge in [0.05, 0.1) is 29.3 Å². The maximum atomic E-state index is 12.6. The lowest BCUT2D eigenvalue weighted by atomic mass is 10.1. The predicted molar refractivity (Wildman–Crippen MR) is 125 cm³/mol. The van der Waals surface area contributed by atoms with Gasteiger partial charge in [0.1, 0.15) is 0 Å². The Morgan fingerprint density at radius 2 is 1.93 bits per heavy atom. The van der Waals surface area contributed by atoms with Gasteiger partial charge in [-0.1, -0.05) is 35.5 Å². The molecule has 2 heterocycles. The van der Waals surface area contributed by atoms with Crippen molar-refractivity contribution in [2.45, 2.75) is 25.9 Å². The van der Waals surface area contributed by atoms with Crippen molar-refractivity contribution in [1.29, 1.82) is 0 Å². The van der Waals surface area contributed by atoms with Crippen molar-refractivity contribution in [1.82, 2.24) is 0 Å². The summed E-state index contributed by atoms with van der Waals surface area (Å²) in [5, 5.41) is 4.22. The topological polar surface area (TPSA) is 78.8 Å². The van der Waals surface area contributed by atoms with E-state index in [0.717, 1.165) is 22.5 Å². The first kappa shape index (κ1) is 21.2. The molecule has 2 aromatic rings. The first-order valence-electron chi connectivity index (χ1n) is 9.55. The van der Waals surface area contributed by atoms with E-state index < -0.39 is 9.84 Å². The van der Waals surface area contributed by atoms with E-state index in [0.29, 0.717) is 10.2 Å². The highest BCUT2D eigenvalue weighted by Gasteiger charge is 2.47. The number of rotatable bonds is 4. The Balaban J connectivity index is 1.51. The van der Waals surface area contributed by atoms with Gasteiger partial charge in [-0.15, -0.1) is 0 Å². The van der Waals surface area contributed by atoms with E-state index in [-0.39, 0.29) is 35.2 Å². The van der Waals surface area contributed by atoms with Crippen LogP contribution in [0.3, 0.4) is 0 Å². The number of benzene rings is 2. The van der Waals surface area contributed by atoms with Crippen LogP contribution >= 0.6 is 23.4 Å². The maximum Gasteiger partial charge on any atom is 0.234 e. The molecule has 0 spiro atoms. The van der Waals surface area contributed by atoms with Gasteiger partial charge in [-0.25, -0.2) is 8.42 Å². The summed E-state index contributed by atoms with van der Waals surface area (Å²) in [5.41, 5.74) is 3.77. The van der Waals surface area contributed by atoms with Crippen molar-refractivity contribution >= 4 is 55.6 Å². The molecule has 0 saturated carbocycles. The summed E-state index contributed by atoms with van der Waals surface area (Å²) in [6.07, 6.45) is 0. The number of carbonyl (C=O) groups is 1. The van der Waals surface area contributed by atoms with Gasteiger partial charge in [0.2, 0.25) is 5.91 Å². The number of aliphatic imine (C=N–C) groups is 1. The van der Waals surface area contributed by atoms with E-state index in [1.807, 2.05) is 49.1 Å². The SMILES string of the molecule is Cc1cccc(NC(=O)CSC2=N[C@@H]3CS(=O)(=O)C[C@@H]3N2c2ccc(Cl)cc2)c1C. The number of nitrogens with zero attached hydrogens (tertiary/aromatic N) is 2. The van der Waals surface area contributed by atoms with Crippen molar-refractivity contribution in [2.24, 2.45) is 4.99 Å². The number of halogens is 1. The van der Waals surface area contributed by atoms with E-state index in [9.17, 15) is 13.2 Å². The number of carbonyl (C=O) groups excluding carboxylic acids is 1. The standard InChI is InChI=1S/C21H22ClN3O3S2/c1-13-4-3-5-17(14(13)2)23-20(26)10-29-21-24-18-11-30(27,28)12-19(18)25(21)16-8-6-15(22)7-9-16/h3-9,18-19H,10-12H2,1-2H3,(H,23,26)/t18-,19+/m1/s1. The molecular weight excluding hydrogens is 442 g/mol. The van der Waals surface area contributed by atoms with Crippen molar-refractivity contribution in [3.63, 3.8) is 0 Å². The second kappa shape index (κ2) is 8.24. The third kappa shape index (κ3) is 4.36. The average Bonchev–Trinajstić information content (AvgIpc) is 3.16. The van der Waals surface area contributed by atoms with Crippen LogP contribution in [0.4, 0.5) is 11.4 Å². The number of thioether (sulfide) groups is 1. The molecule has 2 aliphatic rings. The molecule has 0 aliphatic carbocycles. The molecule has 1 saturated heterocycles. The summed E-state index contributed by atoms with van der Waals surface area (Å²) in [6.45, 7) is 3.98. The Kier molecular flexibility index (Phi) is 5.83. The molecule has 0 radical (unpaired) electrons. The third-order valence-electron chi connectivity index (χ3n) is 5.42. The molecule has 30 heavy (non-hydrogen) atoms. The molecule has 9 heteroatoms. The summed E-state index contributed by atoms with van der Waals surface area (Å²) in [5.74, 6) is 0.156. The summed E-state index contributed by atoms with van der Waals surface area (Å²) in [7, 11) is -3.12. The summed E-state index contributed by atoms with van der Waals surface area (Å²) < 4.78 is 24.2. The molecule has 2 aromatic carbocycles. The minimum absolute atomic E-state index is 0.0422. The third-order valence-corrected chi connectivity index (χ3v) is 8.34. The van der Waals surface area contributed by atoms with Crippen LogP contribution in [0.15, 0.2) is 47.5 Å². The molecule has 2 atom stereocenters. The molecule has 0 aromatic heterocycles. The minimum Gasteiger partial charge on any atom is -0.325 e. The van der Waals surface area contributed by atoms with E-state index in [4.69, 9.17) is 11.6 Å². The fourth-order valence-electron chi connectivity index (χ4n) is 3.74. The monoisotopic (exact) mass is 463 g/mol. The van der Waals surface area contributed by atoms with Crippen LogP contribution in [-0.4, -0.2) is 48.8 Å².